The molecule has 1 atom stereocenters. The summed E-state index contributed by atoms with van der Waals surface area (Å²) >= 11 is 0. The first-order valence-corrected chi connectivity index (χ1v) is 8.82. The van der Waals surface area contributed by atoms with Crippen LogP contribution in [-0.2, 0) is 14.8 Å². The van der Waals surface area contributed by atoms with Crippen molar-refractivity contribution in [2.24, 2.45) is 0 Å². The maximum Gasteiger partial charge on any atom is 0.243 e. The van der Waals surface area contributed by atoms with E-state index in [0.29, 0.717) is 30.8 Å². The van der Waals surface area contributed by atoms with E-state index in [-0.39, 0.29) is 11.4 Å². The molecule has 3 rings (SSSR count). The van der Waals surface area contributed by atoms with Gasteiger partial charge >= 0.3 is 0 Å². The van der Waals surface area contributed by atoms with Crippen molar-refractivity contribution in [2.75, 3.05) is 13.1 Å². The average Bonchev–Trinajstić information content (AvgIpc) is 2.71. The lowest BCUT2D eigenvalue weighted by atomic mass is 9.89. The summed E-state index contributed by atoms with van der Waals surface area (Å²) in [6.45, 7) is 0.992. The second-order valence-electron chi connectivity index (χ2n) is 5.90. The molecule has 21 heavy (non-hydrogen) atoms. The zero-order valence-electron chi connectivity index (χ0n) is 11.9. The maximum absolute atomic E-state index is 12.6. The van der Waals surface area contributed by atoms with E-state index >= 15 is 0 Å². The summed E-state index contributed by atoms with van der Waals surface area (Å²) in [7, 11) is -3.42. The molecule has 0 aromatic heterocycles. The minimum absolute atomic E-state index is 0.0920. The van der Waals surface area contributed by atoms with Gasteiger partial charge in [0, 0.05) is 25.0 Å². The zero-order chi connectivity index (χ0) is 14.9. The third-order valence-electron chi connectivity index (χ3n) is 4.52. The van der Waals surface area contributed by atoms with Crippen molar-refractivity contribution >= 4 is 15.9 Å². The van der Waals surface area contributed by atoms with Crippen LogP contribution in [0.4, 0.5) is 0 Å². The largest absolute Gasteiger partial charge is 0.351 e. The highest BCUT2D eigenvalue weighted by molar-refractivity contribution is 7.89. The molecular weight excluding hydrogens is 288 g/mol. The van der Waals surface area contributed by atoms with Crippen molar-refractivity contribution in [1.82, 2.24) is 9.62 Å². The van der Waals surface area contributed by atoms with Crippen LogP contribution in [0.25, 0.3) is 0 Å². The minimum atomic E-state index is -3.42. The Kier molecular flexibility index (Phi) is 3.75. The van der Waals surface area contributed by atoms with Gasteiger partial charge in [0.05, 0.1) is 4.90 Å². The molecule has 0 radical (unpaired) electrons. The molecule has 0 aliphatic carbocycles. The summed E-state index contributed by atoms with van der Waals surface area (Å²) in [5.41, 5.74) is -0.182. The number of rotatable bonds is 2. The second kappa shape index (κ2) is 5.42. The van der Waals surface area contributed by atoms with E-state index < -0.39 is 10.0 Å². The van der Waals surface area contributed by atoms with Crippen molar-refractivity contribution in [3.63, 3.8) is 0 Å². The van der Waals surface area contributed by atoms with Crippen molar-refractivity contribution in [3.05, 3.63) is 30.3 Å². The Labute approximate surface area is 125 Å². The van der Waals surface area contributed by atoms with Gasteiger partial charge in [-0.25, -0.2) is 8.42 Å². The van der Waals surface area contributed by atoms with Crippen LogP contribution in [0.3, 0.4) is 0 Å². The highest BCUT2D eigenvalue weighted by atomic mass is 32.2. The number of hydrogen-bond donors (Lipinski definition) is 1. The molecular formula is C15H20N2O3S. The molecule has 1 spiro atoms. The van der Waals surface area contributed by atoms with Crippen LogP contribution < -0.4 is 5.32 Å². The van der Waals surface area contributed by atoms with Gasteiger partial charge in [0.15, 0.2) is 0 Å². The van der Waals surface area contributed by atoms with E-state index in [1.165, 1.54) is 0 Å². The molecule has 1 aromatic rings. The molecule has 5 nitrogen and oxygen atoms in total. The fraction of sp³-hybridized carbons (Fsp3) is 0.533. The molecule has 2 heterocycles. The number of hydrogen-bond acceptors (Lipinski definition) is 3. The summed E-state index contributed by atoms with van der Waals surface area (Å²) in [5, 5.41) is 3.06. The summed E-state index contributed by atoms with van der Waals surface area (Å²) in [6, 6.07) is 8.55. The second-order valence-corrected chi connectivity index (χ2v) is 7.84. The Morgan fingerprint density at radius 2 is 1.81 bits per heavy atom. The first kappa shape index (κ1) is 14.5. The fourth-order valence-corrected chi connectivity index (χ4v) is 4.80. The number of carbonyl (C=O) groups is 1. The molecule has 1 aromatic carbocycles. The normalized spacial score (nSPS) is 27.5. The molecule has 0 bridgehead atoms. The predicted molar refractivity (Wildman–Crippen MR) is 79.2 cm³/mol. The molecule has 2 aliphatic heterocycles. The predicted octanol–water partition coefficient (Wildman–Crippen LogP) is 1.51. The number of nitrogens with one attached hydrogen (secondary N) is 1. The molecule has 0 saturated carbocycles. The van der Waals surface area contributed by atoms with Crippen LogP contribution in [0.2, 0.25) is 0 Å². The summed E-state index contributed by atoms with van der Waals surface area (Å²) in [6.07, 6.45) is 3.73. The topological polar surface area (TPSA) is 66.5 Å². The molecule has 1 N–H and O–H groups in total. The van der Waals surface area contributed by atoms with Gasteiger partial charge < -0.3 is 5.32 Å². The lowest BCUT2D eigenvalue weighted by Gasteiger charge is -2.27. The summed E-state index contributed by atoms with van der Waals surface area (Å²) < 4.78 is 26.8. The molecule has 2 saturated heterocycles. The first-order chi connectivity index (χ1) is 10.0. The van der Waals surface area contributed by atoms with E-state index in [4.69, 9.17) is 0 Å². The Morgan fingerprint density at radius 1 is 1.05 bits per heavy atom. The van der Waals surface area contributed by atoms with Crippen LogP contribution in [0.5, 0.6) is 0 Å². The van der Waals surface area contributed by atoms with Gasteiger partial charge in [-0.1, -0.05) is 18.2 Å². The highest BCUT2D eigenvalue weighted by Crippen LogP contribution is 2.32. The van der Waals surface area contributed by atoms with Gasteiger partial charge in [-0.05, 0) is 37.8 Å². The lowest BCUT2D eigenvalue weighted by molar-refractivity contribution is -0.119. The van der Waals surface area contributed by atoms with Crippen LogP contribution in [-0.4, -0.2) is 37.3 Å². The van der Waals surface area contributed by atoms with E-state index in [1.807, 2.05) is 6.07 Å². The standard InChI is InChI=1S/C15H20N2O3S/c18-14-7-9-15(16-14)8-4-11-17(12-10-15)21(19,20)13-5-2-1-3-6-13/h1-3,5-6H,4,7-12H2,(H,16,18)/t15-/m0/s1. The molecule has 2 fully saturated rings. The van der Waals surface area contributed by atoms with Crippen molar-refractivity contribution in [3.8, 4) is 0 Å². The van der Waals surface area contributed by atoms with Crippen LogP contribution in [0.1, 0.15) is 32.1 Å². The molecule has 6 heteroatoms. The van der Waals surface area contributed by atoms with Gasteiger partial charge in [-0.3, -0.25) is 4.79 Å². The average molecular weight is 308 g/mol. The van der Waals surface area contributed by atoms with E-state index in [2.05, 4.69) is 5.32 Å². The molecule has 2 aliphatic rings. The Bertz CT molecular complexity index is 630. The molecule has 1 amide bonds. The van der Waals surface area contributed by atoms with Gasteiger partial charge in [0.2, 0.25) is 15.9 Å². The highest BCUT2D eigenvalue weighted by Gasteiger charge is 2.40. The number of carbonyl (C=O) groups excluding carboxylic acids is 1. The van der Waals surface area contributed by atoms with E-state index in [9.17, 15) is 13.2 Å². The zero-order valence-corrected chi connectivity index (χ0v) is 12.7. The Balaban J connectivity index is 1.78. The van der Waals surface area contributed by atoms with Crippen LogP contribution in [0.15, 0.2) is 35.2 Å². The number of benzene rings is 1. The van der Waals surface area contributed by atoms with Gasteiger partial charge in [0.25, 0.3) is 0 Å². The van der Waals surface area contributed by atoms with Crippen molar-refractivity contribution < 1.29 is 13.2 Å². The van der Waals surface area contributed by atoms with Crippen LogP contribution >= 0.6 is 0 Å². The van der Waals surface area contributed by atoms with Gasteiger partial charge in [-0.2, -0.15) is 4.31 Å². The lowest BCUT2D eigenvalue weighted by Crippen LogP contribution is -2.42. The number of amides is 1. The minimum Gasteiger partial charge on any atom is -0.351 e. The quantitative estimate of drug-likeness (QED) is 0.900. The third kappa shape index (κ3) is 2.82. The van der Waals surface area contributed by atoms with Crippen molar-refractivity contribution in [1.29, 1.82) is 0 Å². The Hall–Kier alpha value is -1.40. The van der Waals surface area contributed by atoms with Crippen molar-refractivity contribution in [2.45, 2.75) is 42.5 Å². The maximum atomic E-state index is 12.6. The summed E-state index contributed by atoms with van der Waals surface area (Å²) in [4.78, 5) is 11.8. The number of sulfonamides is 1. The number of nitrogens with zero attached hydrogens (tertiary/aromatic N) is 1. The van der Waals surface area contributed by atoms with Gasteiger partial charge in [-0.15, -0.1) is 0 Å². The van der Waals surface area contributed by atoms with E-state index in [0.717, 1.165) is 19.3 Å². The van der Waals surface area contributed by atoms with Gasteiger partial charge in [0.1, 0.15) is 0 Å². The third-order valence-corrected chi connectivity index (χ3v) is 6.43. The SMILES string of the molecule is O=C1CC[C@]2(CCCN(S(=O)(=O)c3ccccc3)CC2)N1. The smallest absolute Gasteiger partial charge is 0.243 e. The van der Waals surface area contributed by atoms with E-state index in [1.54, 1.807) is 28.6 Å². The summed E-state index contributed by atoms with van der Waals surface area (Å²) in [5.74, 6) is 0.0920. The Morgan fingerprint density at radius 3 is 2.48 bits per heavy atom. The fourth-order valence-electron chi connectivity index (χ4n) is 3.30. The first-order valence-electron chi connectivity index (χ1n) is 7.38. The van der Waals surface area contributed by atoms with Crippen LogP contribution in [0, 0.1) is 0 Å². The monoisotopic (exact) mass is 308 g/mol. The molecule has 114 valence electrons. The molecule has 0 unspecified atom stereocenters.